The molecule has 29 heavy (non-hydrogen) atoms. The topological polar surface area (TPSA) is 95.9 Å². The first-order chi connectivity index (χ1) is 13.9. The van der Waals surface area contributed by atoms with Gasteiger partial charge in [0.2, 0.25) is 11.2 Å². The zero-order valence-electron chi connectivity index (χ0n) is 14.9. The molecule has 0 aromatic heterocycles. The Labute approximate surface area is 167 Å². The van der Waals surface area contributed by atoms with E-state index in [1.54, 1.807) is 0 Å². The number of hydrogen-bond donors (Lipinski definition) is 2. The van der Waals surface area contributed by atoms with E-state index in [0.717, 1.165) is 9.87 Å². The predicted molar refractivity (Wildman–Crippen MR) is 105 cm³/mol. The van der Waals surface area contributed by atoms with E-state index in [-0.39, 0.29) is 35.5 Å². The molecule has 0 spiro atoms. The minimum Gasteiger partial charge on any atom is -0.487 e. The Bertz CT molecular complexity index is 1150. The van der Waals surface area contributed by atoms with Crippen LogP contribution in [0.3, 0.4) is 0 Å². The number of aromatic carboxylic acids is 1. The van der Waals surface area contributed by atoms with Gasteiger partial charge in [-0.2, -0.15) is 0 Å². The van der Waals surface area contributed by atoms with Crippen LogP contribution in [0.1, 0.15) is 15.9 Å². The van der Waals surface area contributed by atoms with E-state index in [1.165, 1.54) is 24.3 Å². The van der Waals surface area contributed by atoms with Crippen LogP contribution >= 0.6 is 0 Å². The fourth-order valence-corrected chi connectivity index (χ4v) is 4.01. The maximum absolute atomic E-state index is 15.4. The molecule has 3 aromatic rings. The van der Waals surface area contributed by atoms with Crippen LogP contribution in [-0.4, -0.2) is 27.7 Å². The first-order valence-corrected chi connectivity index (χ1v) is 9.70. The van der Waals surface area contributed by atoms with Crippen molar-refractivity contribution in [1.82, 2.24) is 4.72 Å². The standard InChI is InChI=1S/C20H15FN2O5S/c21-18-15-7-6-13(20(25)26)8-14(15)9-16(28-11-12-4-2-1-3-5-12)19(18)23-10-17(24)22-29(23)27/h1-9H,10-11H2,(H,22,24)(H,25,26). The molecule has 1 heterocycles. The van der Waals surface area contributed by atoms with Gasteiger partial charge in [-0.25, -0.2) is 13.4 Å². The van der Waals surface area contributed by atoms with Gasteiger partial charge in [0.25, 0.3) is 5.91 Å². The fourth-order valence-electron chi connectivity index (χ4n) is 3.07. The smallest absolute Gasteiger partial charge is 0.335 e. The van der Waals surface area contributed by atoms with Crippen LogP contribution in [0.25, 0.3) is 10.8 Å². The number of ether oxygens (including phenoxy) is 1. The summed E-state index contributed by atoms with van der Waals surface area (Å²) in [5, 5.41) is 9.66. The molecule has 0 aliphatic carbocycles. The van der Waals surface area contributed by atoms with Gasteiger partial charge in [-0.1, -0.05) is 36.4 Å². The number of hydrogen-bond acceptors (Lipinski definition) is 4. The molecule has 1 fully saturated rings. The molecule has 4 rings (SSSR count). The number of rotatable bonds is 5. The highest BCUT2D eigenvalue weighted by atomic mass is 32.2. The molecule has 0 bridgehead atoms. The number of fused-ring (bicyclic) bond motifs is 1. The van der Waals surface area contributed by atoms with Crippen molar-refractivity contribution < 1.29 is 28.0 Å². The average molecular weight is 414 g/mol. The summed E-state index contributed by atoms with van der Waals surface area (Å²) < 4.78 is 36.8. The molecule has 1 saturated heterocycles. The molecule has 0 saturated carbocycles. The number of amides is 1. The third-order valence-electron chi connectivity index (χ3n) is 4.44. The van der Waals surface area contributed by atoms with E-state index in [2.05, 4.69) is 4.72 Å². The summed E-state index contributed by atoms with van der Waals surface area (Å²) in [5.41, 5.74) is 0.712. The van der Waals surface area contributed by atoms with Crippen molar-refractivity contribution in [3.8, 4) is 5.75 Å². The SMILES string of the molecule is O=C1CN(c2c(OCc3ccccc3)cc3cc(C(=O)O)ccc3c2F)S(=O)N1. The van der Waals surface area contributed by atoms with Crippen molar-refractivity contribution in [2.45, 2.75) is 6.61 Å². The van der Waals surface area contributed by atoms with E-state index in [9.17, 15) is 18.9 Å². The first-order valence-electron chi connectivity index (χ1n) is 8.59. The van der Waals surface area contributed by atoms with Gasteiger partial charge in [0.05, 0.1) is 5.56 Å². The monoisotopic (exact) mass is 414 g/mol. The first kappa shape index (κ1) is 18.9. The van der Waals surface area contributed by atoms with Gasteiger partial charge in [-0.05, 0) is 29.1 Å². The molecule has 3 aromatic carbocycles. The van der Waals surface area contributed by atoms with Crippen LogP contribution in [0.4, 0.5) is 10.1 Å². The highest BCUT2D eigenvalue weighted by molar-refractivity contribution is 7.85. The van der Waals surface area contributed by atoms with Gasteiger partial charge in [-0.15, -0.1) is 0 Å². The number of halogens is 1. The van der Waals surface area contributed by atoms with Crippen molar-refractivity contribution in [2.24, 2.45) is 0 Å². The Morgan fingerprint density at radius 3 is 2.62 bits per heavy atom. The van der Waals surface area contributed by atoms with Gasteiger partial charge in [0.15, 0.2) is 5.82 Å². The number of nitrogens with zero attached hydrogens (tertiary/aromatic N) is 1. The minimum atomic E-state index is -1.95. The molecule has 1 amide bonds. The van der Waals surface area contributed by atoms with Crippen molar-refractivity contribution >= 4 is 39.5 Å². The van der Waals surface area contributed by atoms with E-state index in [0.29, 0.717) is 5.39 Å². The van der Waals surface area contributed by atoms with E-state index < -0.39 is 28.9 Å². The maximum Gasteiger partial charge on any atom is 0.335 e. The van der Waals surface area contributed by atoms with Crippen molar-refractivity contribution in [3.63, 3.8) is 0 Å². The summed E-state index contributed by atoms with van der Waals surface area (Å²) >= 11 is -1.95. The Balaban J connectivity index is 1.84. The lowest BCUT2D eigenvalue weighted by Gasteiger charge is -2.20. The molecule has 2 N–H and O–H groups in total. The zero-order valence-corrected chi connectivity index (χ0v) is 15.7. The summed E-state index contributed by atoms with van der Waals surface area (Å²) in [6, 6.07) is 14.6. The fraction of sp³-hybridized carbons (Fsp3) is 0.100. The second-order valence-electron chi connectivity index (χ2n) is 6.36. The van der Waals surface area contributed by atoms with E-state index in [4.69, 9.17) is 4.74 Å². The second kappa shape index (κ2) is 7.51. The van der Waals surface area contributed by atoms with Crippen LogP contribution < -0.4 is 13.8 Å². The average Bonchev–Trinajstić information content (AvgIpc) is 3.04. The van der Waals surface area contributed by atoms with Crippen LogP contribution in [0, 0.1) is 5.82 Å². The Hall–Kier alpha value is -3.46. The number of carboxylic acid groups (broad SMARTS) is 1. The van der Waals surface area contributed by atoms with Gasteiger partial charge < -0.3 is 9.84 Å². The summed E-state index contributed by atoms with van der Waals surface area (Å²) in [6.07, 6.45) is 0. The summed E-state index contributed by atoms with van der Waals surface area (Å²) in [7, 11) is 0. The van der Waals surface area contributed by atoms with Gasteiger partial charge in [0, 0.05) is 5.39 Å². The van der Waals surface area contributed by atoms with Gasteiger partial charge in [0.1, 0.15) is 24.6 Å². The molecule has 1 aliphatic heterocycles. The minimum absolute atomic E-state index is 0.000234. The molecule has 1 aliphatic rings. The summed E-state index contributed by atoms with van der Waals surface area (Å²) in [4.78, 5) is 22.9. The molecule has 0 radical (unpaired) electrons. The Kier molecular flexibility index (Phi) is 4.89. The van der Waals surface area contributed by atoms with Crippen molar-refractivity contribution in [3.05, 3.63) is 71.5 Å². The molecule has 148 valence electrons. The highest BCUT2D eigenvalue weighted by Gasteiger charge is 2.32. The van der Waals surface area contributed by atoms with Crippen molar-refractivity contribution in [2.75, 3.05) is 10.8 Å². The van der Waals surface area contributed by atoms with Gasteiger partial charge >= 0.3 is 5.97 Å². The van der Waals surface area contributed by atoms with Gasteiger partial charge in [-0.3, -0.25) is 13.8 Å². The van der Waals surface area contributed by atoms with Crippen molar-refractivity contribution in [1.29, 1.82) is 0 Å². The number of anilines is 1. The quantitative estimate of drug-likeness (QED) is 0.669. The lowest BCUT2D eigenvalue weighted by Crippen LogP contribution is -2.24. The lowest BCUT2D eigenvalue weighted by atomic mass is 10.0. The number of carboxylic acids is 1. The van der Waals surface area contributed by atoms with Crippen LogP contribution in [-0.2, 0) is 22.6 Å². The Morgan fingerprint density at radius 1 is 1.21 bits per heavy atom. The number of carbonyl (C=O) groups excluding carboxylic acids is 1. The van der Waals surface area contributed by atoms with E-state index in [1.807, 2.05) is 30.3 Å². The third kappa shape index (κ3) is 3.64. The van der Waals surface area contributed by atoms with Crippen LogP contribution in [0.2, 0.25) is 0 Å². The molecule has 7 nitrogen and oxygen atoms in total. The largest absolute Gasteiger partial charge is 0.487 e. The van der Waals surface area contributed by atoms with E-state index >= 15 is 4.39 Å². The molecule has 1 atom stereocenters. The molecular weight excluding hydrogens is 399 g/mol. The highest BCUT2D eigenvalue weighted by Crippen LogP contribution is 2.39. The number of nitrogens with one attached hydrogen (secondary N) is 1. The second-order valence-corrected chi connectivity index (χ2v) is 7.51. The normalized spacial score (nSPS) is 16.1. The summed E-state index contributed by atoms with van der Waals surface area (Å²) in [5.74, 6) is -2.32. The number of carbonyl (C=O) groups is 2. The zero-order chi connectivity index (χ0) is 20.5. The lowest BCUT2D eigenvalue weighted by molar-refractivity contribution is -0.117. The third-order valence-corrected chi connectivity index (χ3v) is 5.55. The van der Waals surface area contributed by atoms with Crippen LogP contribution in [0.5, 0.6) is 5.75 Å². The predicted octanol–water partition coefficient (Wildman–Crippen LogP) is 2.77. The molecular formula is C20H15FN2O5S. The molecule has 9 heteroatoms. The van der Waals surface area contributed by atoms with Crippen LogP contribution in [0.15, 0.2) is 54.6 Å². The molecule has 1 unspecified atom stereocenters. The Morgan fingerprint density at radius 2 is 1.97 bits per heavy atom. The maximum atomic E-state index is 15.4. The number of benzene rings is 3. The summed E-state index contributed by atoms with van der Waals surface area (Å²) in [6.45, 7) is -0.177.